The molecular formula is C12H15BrFN3O2. The Morgan fingerprint density at radius 1 is 1.58 bits per heavy atom. The Hall–Kier alpha value is -1.37. The zero-order valence-corrected chi connectivity index (χ0v) is 12.0. The minimum Gasteiger partial charge on any atom is -0.465 e. The lowest BCUT2D eigenvalue weighted by Crippen LogP contribution is -2.50. The third kappa shape index (κ3) is 3.34. The van der Waals surface area contributed by atoms with E-state index in [-0.39, 0.29) is 12.0 Å². The molecule has 0 radical (unpaired) electrons. The van der Waals surface area contributed by atoms with Crippen molar-refractivity contribution in [1.82, 2.24) is 10.3 Å². The Kier molecular flexibility index (Phi) is 4.24. The summed E-state index contributed by atoms with van der Waals surface area (Å²) in [7, 11) is 0. The molecule has 1 saturated heterocycles. The van der Waals surface area contributed by atoms with Crippen molar-refractivity contribution < 1.29 is 14.3 Å². The summed E-state index contributed by atoms with van der Waals surface area (Å²) in [4.78, 5) is 16.4. The number of pyridine rings is 1. The number of amides is 1. The molecule has 0 spiro atoms. The van der Waals surface area contributed by atoms with Crippen molar-refractivity contribution in [2.75, 3.05) is 18.0 Å². The molecule has 0 unspecified atom stereocenters. The zero-order valence-electron chi connectivity index (χ0n) is 10.4. The molecule has 1 aromatic rings. The highest BCUT2D eigenvalue weighted by molar-refractivity contribution is 9.10. The quantitative estimate of drug-likeness (QED) is 0.873. The fourth-order valence-electron chi connectivity index (χ4n) is 2.52. The minimum atomic E-state index is -1.05. The SMILES string of the molecule is C[C@@H]1C[C@H](NC(=O)O)CN(c2c(F)cncc2Br)C1. The van der Waals surface area contributed by atoms with Crippen LogP contribution in [-0.2, 0) is 0 Å². The van der Waals surface area contributed by atoms with Crippen LogP contribution in [0.1, 0.15) is 13.3 Å². The number of anilines is 1. The van der Waals surface area contributed by atoms with Gasteiger partial charge in [-0.25, -0.2) is 9.18 Å². The molecule has 2 heterocycles. The van der Waals surface area contributed by atoms with E-state index in [0.717, 1.165) is 6.42 Å². The number of halogens is 2. The first kappa shape index (κ1) is 14.0. The van der Waals surface area contributed by atoms with Gasteiger partial charge in [-0.3, -0.25) is 4.98 Å². The van der Waals surface area contributed by atoms with Gasteiger partial charge in [-0.2, -0.15) is 0 Å². The predicted molar refractivity (Wildman–Crippen MR) is 72.8 cm³/mol. The molecule has 0 saturated carbocycles. The molecule has 2 rings (SSSR count). The predicted octanol–water partition coefficient (Wildman–Crippen LogP) is 2.47. The van der Waals surface area contributed by atoms with Gasteiger partial charge in [0.1, 0.15) is 0 Å². The number of piperidine rings is 1. The van der Waals surface area contributed by atoms with Gasteiger partial charge in [0.05, 0.1) is 16.4 Å². The molecule has 7 heteroatoms. The summed E-state index contributed by atoms with van der Waals surface area (Å²) < 4.78 is 14.5. The van der Waals surface area contributed by atoms with Gasteiger partial charge in [-0.15, -0.1) is 0 Å². The molecule has 0 bridgehead atoms. The summed E-state index contributed by atoms with van der Waals surface area (Å²) >= 11 is 3.29. The number of aromatic nitrogens is 1. The van der Waals surface area contributed by atoms with E-state index in [1.807, 2.05) is 11.8 Å². The van der Waals surface area contributed by atoms with E-state index in [4.69, 9.17) is 5.11 Å². The molecule has 19 heavy (non-hydrogen) atoms. The maximum absolute atomic E-state index is 13.9. The van der Waals surface area contributed by atoms with E-state index in [1.54, 1.807) is 0 Å². The maximum Gasteiger partial charge on any atom is 0.404 e. The van der Waals surface area contributed by atoms with Crippen LogP contribution in [0.3, 0.4) is 0 Å². The fraction of sp³-hybridized carbons (Fsp3) is 0.500. The number of hydrogen-bond acceptors (Lipinski definition) is 3. The second-order valence-corrected chi connectivity index (χ2v) is 5.70. The Labute approximate surface area is 118 Å². The van der Waals surface area contributed by atoms with Crippen molar-refractivity contribution in [3.63, 3.8) is 0 Å². The van der Waals surface area contributed by atoms with Gasteiger partial charge in [0.2, 0.25) is 0 Å². The summed E-state index contributed by atoms with van der Waals surface area (Å²) in [5, 5.41) is 11.3. The number of carboxylic acid groups (broad SMARTS) is 1. The normalized spacial score (nSPS) is 23.2. The molecule has 1 aliphatic rings. The molecular weight excluding hydrogens is 317 g/mol. The molecule has 0 aliphatic carbocycles. The van der Waals surface area contributed by atoms with E-state index in [9.17, 15) is 9.18 Å². The summed E-state index contributed by atoms with van der Waals surface area (Å²) in [5.41, 5.74) is 0.443. The molecule has 1 aromatic heterocycles. The summed E-state index contributed by atoms with van der Waals surface area (Å²) in [6.07, 6.45) is 2.41. The molecule has 2 N–H and O–H groups in total. The number of hydrogen-bond donors (Lipinski definition) is 2. The maximum atomic E-state index is 13.9. The number of nitrogens with one attached hydrogen (secondary N) is 1. The van der Waals surface area contributed by atoms with Crippen LogP contribution in [0.25, 0.3) is 0 Å². The van der Waals surface area contributed by atoms with E-state index in [2.05, 4.69) is 26.2 Å². The van der Waals surface area contributed by atoms with Gasteiger partial charge in [-0.05, 0) is 28.3 Å². The number of carbonyl (C=O) groups is 1. The third-order valence-electron chi connectivity index (χ3n) is 3.13. The Morgan fingerprint density at radius 2 is 2.32 bits per heavy atom. The van der Waals surface area contributed by atoms with Crippen LogP contribution in [0.5, 0.6) is 0 Å². The van der Waals surface area contributed by atoms with Crippen molar-refractivity contribution in [2.45, 2.75) is 19.4 Å². The lowest BCUT2D eigenvalue weighted by atomic mass is 9.95. The van der Waals surface area contributed by atoms with Crippen molar-refractivity contribution >= 4 is 27.7 Å². The average molecular weight is 332 g/mol. The second kappa shape index (κ2) is 5.73. The molecule has 1 aliphatic heterocycles. The van der Waals surface area contributed by atoms with Gasteiger partial charge >= 0.3 is 6.09 Å². The van der Waals surface area contributed by atoms with Crippen LogP contribution in [0, 0.1) is 11.7 Å². The summed E-state index contributed by atoms with van der Waals surface area (Å²) in [6.45, 7) is 3.17. The zero-order chi connectivity index (χ0) is 14.0. The lowest BCUT2D eigenvalue weighted by Gasteiger charge is -2.38. The van der Waals surface area contributed by atoms with E-state index >= 15 is 0 Å². The van der Waals surface area contributed by atoms with E-state index in [0.29, 0.717) is 23.2 Å². The van der Waals surface area contributed by atoms with E-state index in [1.165, 1.54) is 12.4 Å². The third-order valence-corrected chi connectivity index (χ3v) is 3.71. The highest BCUT2D eigenvalue weighted by atomic mass is 79.9. The number of rotatable bonds is 2. The minimum absolute atomic E-state index is 0.194. The highest BCUT2D eigenvalue weighted by Crippen LogP contribution is 2.31. The van der Waals surface area contributed by atoms with Gasteiger partial charge in [-0.1, -0.05) is 6.92 Å². The number of nitrogens with zero attached hydrogens (tertiary/aromatic N) is 2. The molecule has 5 nitrogen and oxygen atoms in total. The van der Waals surface area contributed by atoms with Crippen molar-refractivity contribution in [3.05, 3.63) is 22.7 Å². The fourth-order valence-corrected chi connectivity index (χ4v) is 3.08. The lowest BCUT2D eigenvalue weighted by molar-refractivity contribution is 0.186. The van der Waals surface area contributed by atoms with E-state index < -0.39 is 11.9 Å². The van der Waals surface area contributed by atoms with Crippen LogP contribution in [0.4, 0.5) is 14.9 Å². The highest BCUT2D eigenvalue weighted by Gasteiger charge is 2.28. The topological polar surface area (TPSA) is 65.5 Å². The van der Waals surface area contributed by atoms with Gasteiger partial charge in [0.15, 0.2) is 5.82 Å². The molecule has 1 fully saturated rings. The largest absolute Gasteiger partial charge is 0.465 e. The first-order valence-electron chi connectivity index (χ1n) is 6.00. The van der Waals surface area contributed by atoms with Crippen LogP contribution >= 0.6 is 15.9 Å². The average Bonchev–Trinajstić information content (AvgIpc) is 2.26. The van der Waals surface area contributed by atoms with Crippen molar-refractivity contribution in [1.29, 1.82) is 0 Å². The van der Waals surface area contributed by atoms with Crippen LogP contribution < -0.4 is 10.2 Å². The Bertz CT molecular complexity index is 466. The second-order valence-electron chi connectivity index (χ2n) is 4.84. The summed E-state index contributed by atoms with van der Waals surface area (Å²) in [6, 6.07) is -0.194. The summed E-state index contributed by atoms with van der Waals surface area (Å²) in [5.74, 6) is -0.123. The van der Waals surface area contributed by atoms with Crippen LogP contribution in [0.15, 0.2) is 16.9 Å². The smallest absolute Gasteiger partial charge is 0.404 e. The molecule has 1 amide bonds. The molecule has 104 valence electrons. The van der Waals surface area contributed by atoms with Crippen LogP contribution in [-0.4, -0.2) is 35.3 Å². The van der Waals surface area contributed by atoms with Gasteiger partial charge in [0.25, 0.3) is 0 Å². The Balaban J connectivity index is 2.21. The monoisotopic (exact) mass is 331 g/mol. The molecule has 0 aromatic carbocycles. The first-order valence-corrected chi connectivity index (χ1v) is 6.80. The van der Waals surface area contributed by atoms with Crippen molar-refractivity contribution in [3.8, 4) is 0 Å². The van der Waals surface area contributed by atoms with Crippen LogP contribution in [0.2, 0.25) is 0 Å². The molecule has 2 atom stereocenters. The van der Waals surface area contributed by atoms with Gasteiger partial charge < -0.3 is 15.3 Å². The Morgan fingerprint density at radius 3 is 2.95 bits per heavy atom. The van der Waals surface area contributed by atoms with Gasteiger partial charge in [0, 0.05) is 25.3 Å². The standard InChI is InChI=1S/C12H15BrFN3O2/c1-7-2-8(16-12(18)19)6-17(5-7)11-9(13)3-15-4-10(11)14/h3-4,7-8,16H,2,5-6H2,1H3,(H,18,19)/t7-,8+/m1/s1. The first-order chi connectivity index (χ1) is 8.97. The van der Waals surface area contributed by atoms with Crippen molar-refractivity contribution in [2.24, 2.45) is 5.92 Å².